The van der Waals surface area contributed by atoms with Crippen LogP contribution in [0.25, 0.3) is 10.4 Å². The molecule has 3 heteroatoms. The number of carbonyl (C=O) groups excluding carboxylic acids is 1. The predicted octanol–water partition coefficient (Wildman–Crippen LogP) is 2.82. The molecule has 0 aliphatic carbocycles. The van der Waals surface area contributed by atoms with Crippen molar-refractivity contribution in [3.8, 4) is 10.4 Å². The number of thiophene rings is 1. The molecule has 0 aliphatic heterocycles. The Morgan fingerprint density at radius 2 is 1.93 bits per heavy atom. The van der Waals surface area contributed by atoms with Crippen LogP contribution >= 0.6 is 11.3 Å². The van der Waals surface area contributed by atoms with E-state index in [1.54, 1.807) is 11.3 Å². The molecule has 0 saturated carbocycles. The first-order valence-electron chi connectivity index (χ1n) is 4.63. The van der Waals surface area contributed by atoms with Crippen molar-refractivity contribution in [2.75, 3.05) is 0 Å². The van der Waals surface area contributed by atoms with Gasteiger partial charge in [0.2, 0.25) is 5.91 Å². The van der Waals surface area contributed by atoms with Crippen molar-refractivity contribution in [2.45, 2.75) is 6.92 Å². The van der Waals surface area contributed by atoms with Gasteiger partial charge in [-0.25, -0.2) is 0 Å². The van der Waals surface area contributed by atoms with Gasteiger partial charge in [0.1, 0.15) is 0 Å². The molecular weight excluding hydrogens is 206 g/mol. The van der Waals surface area contributed by atoms with Gasteiger partial charge >= 0.3 is 0 Å². The molecule has 2 rings (SSSR count). The first kappa shape index (κ1) is 9.93. The summed E-state index contributed by atoms with van der Waals surface area (Å²) in [6, 6.07) is 10.0. The normalized spacial score (nSPS) is 10.2. The molecule has 2 N–H and O–H groups in total. The summed E-state index contributed by atoms with van der Waals surface area (Å²) < 4.78 is 0. The van der Waals surface area contributed by atoms with E-state index in [1.165, 1.54) is 0 Å². The molecular formula is C12H11NOS. The standard InChI is InChI=1S/C12H11NOS/c1-8-10(12(13)14)7-15-11(8)9-5-3-2-4-6-9/h2-7H,1H3,(H2,13,14). The molecule has 0 unspecified atom stereocenters. The summed E-state index contributed by atoms with van der Waals surface area (Å²) in [6.07, 6.45) is 0. The third-order valence-corrected chi connectivity index (χ3v) is 3.47. The Morgan fingerprint density at radius 1 is 1.27 bits per heavy atom. The molecule has 0 radical (unpaired) electrons. The highest BCUT2D eigenvalue weighted by Crippen LogP contribution is 2.31. The van der Waals surface area contributed by atoms with E-state index in [2.05, 4.69) is 0 Å². The molecule has 0 saturated heterocycles. The smallest absolute Gasteiger partial charge is 0.249 e. The molecule has 0 atom stereocenters. The highest BCUT2D eigenvalue weighted by atomic mass is 32.1. The second-order valence-corrected chi connectivity index (χ2v) is 4.21. The predicted molar refractivity (Wildman–Crippen MR) is 63.0 cm³/mol. The lowest BCUT2D eigenvalue weighted by Gasteiger charge is -1.99. The highest BCUT2D eigenvalue weighted by Gasteiger charge is 2.12. The Hall–Kier alpha value is -1.61. The SMILES string of the molecule is Cc1c(C(N)=O)csc1-c1ccccc1. The van der Waals surface area contributed by atoms with Gasteiger partial charge in [0, 0.05) is 10.3 Å². The number of nitrogens with two attached hydrogens (primary N) is 1. The van der Waals surface area contributed by atoms with E-state index in [0.717, 1.165) is 16.0 Å². The van der Waals surface area contributed by atoms with Crippen LogP contribution in [0.3, 0.4) is 0 Å². The van der Waals surface area contributed by atoms with Gasteiger partial charge in [0.25, 0.3) is 0 Å². The molecule has 0 fully saturated rings. The van der Waals surface area contributed by atoms with Crippen LogP contribution in [0.5, 0.6) is 0 Å². The number of hydrogen-bond donors (Lipinski definition) is 1. The molecule has 2 aromatic rings. The summed E-state index contributed by atoms with van der Waals surface area (Å²) in [5.41, 5.74) is 8.00. The Bertz CT molecular complexity index is 488. The van der Waals surface area contributed by atoms with Crippen molar-refractivity contribution in [1.82, 2.24) is 0 Å². The monoisotopic (exact) mass is 217 g/mol. The lowest BCUT2D eigenvalue weighted by Crippen LogP contribution is -2.10. The minimum atomic E-state index is -0.356. The maximum absolute atomic E-state index is 11.1. The van der Waals surface area contributed by atoms with Crippen LogP contribution in [-0.2, 0) is 0 Å². The van der Waals surface area contributed by atoms with Crippen LogP contribution in [0.2, 0.25) is 0 Å². The molecule has 1 heterocycles. The van der Waals surface area contributed by atoms with Crippen molar-refractivity contribution >= 4 is 17.2 Å². The van der Waals surface area contributed by atoms with E-state index in [-0.39, 0.29) is 5.91 Å². The topological polar surface area (TPSA) is 43.1 Å². The minimum absolute atomic E-state index is 0.356. The summed E-state index contributed by atoms with van der Waals surface area (Å²) in [5.74, 6) is -0.356. The number of primary amides is 1. The summed E-state index contributed by atoms with van der Waals surface area (Å²) in [4.78, 5) is 12.2. The van der Waals surface area contributed by atoms with Crippen molar-refractivity contribution < 1.29 is 4.79 Å². The Morgan fingerprint density at radius 3 is 2.47 bits per heavy atom. The van der Waals surface area contributed by atoms with E-state index in [0.29, 0.717) is 5.56 Å². The van der Waals surface area contributed by atoms with Crippen LogP contribution in [0, 0.1) is 6.92 Å². The van der Waals surface area contributed by atoms with Gasteiger partial charge in [0.05, 0.1) is 5.56 Å². The highest BCUT2D eigenvalue weighted by molar-refractivity contribution is 7.14. The van der Waals surface area contributed by atoms with Crippen molar-refractivity contribution in [3.05, 3.63) is 46.8 Å². The number of hydrogen-bond acceptors (Lipinski definition) is 2. The van der Waals surface area contributed by atoms with Crippen LogP contribution in [-0.4, -0.2) is 5.91 Å². The number of carbonyl (C=O) groups is 1. The van der Waals surface area contributed by atoms with E-state index >= 15 is 0 Å². The first-order chi connectivity index (χ1) is 7.20. The number of rotatable bonds is 2. The summed E-state index contributed by atoms with van der Waals surface area (Å²) in [6.45, 7) is 1.93. The van der Waals surface area contributed by atoms with Crippen molar-refractivity contribution in [1.29, 1.82) is 0 Å². The fourth-order valence-corrected chi connectivity index (χ4v) is 2.62. The molecule has 76 valence electrons. The quantitative estimate of drug-likeness (QED) is 0.825. The zero-order valence-electron chi connectivity index (χ0n) is 8.36. The molecule has 15 heavy (non-hydrogen) atoms. The third kappa shape index (κ3) is 1.78. The molecule has 0 bridgehead atoms. The maximum atomic E-state index is 11.1. The lowest BCUT2D eigenvalue weighted by molar-refractivity contribution is 0.1000. The van der Waals surface area contributed by atoms with E-state index in [1.807, 2.05) is 42.6 Å². The van der Waals surface area contributed by atoms with Gasteiger partial charge in [-0.3, -0.25) is 4.79 Å². The molecule has 1 aromatic heterocycles. The van der Waals surface area contributed by atoms with Crippen LogP contribution in [0.1, 0.15) is 15.9 Å². The molecule has 1 amide bonds. The van der Waals surface area contributed by atoms with E-state index in [9.17, 15) is 4.79 Å². The van der Waals surface area contributed by atoms with Gasteiger partial charge in [-0.15, -0.1) is 11.3 Å². The average Bonchev–Trinajstić information content (AvgIpc) is 2.61. The first-order valence-corrected chi connectivity index (χ1v) is 5.51. The zero-order chi connectivity index (χ0) is 10.8. The van der Waals surface area contributed by atoms with E-state index < -0.39 is 0 Å². The van der Waals surface area contributed by atoms with Gasteiger partial charge in [-0.1, -0.05) is 30.3 Å². The fraction of sp³-hybridized carbons (Fsp3) is 0.0833. The van der Waals surface area contributed by atoms with Crippen molar-refractivity contribution in [2.24, 2.45) is 5.73 Å². The Balaban J connectivity index is 2.52. The van der Waals surface area contributed by atoms with E-state index in [4.69, 9.17) is 5.73 Å². The molecule has 0 spiro atoms. The molecule has 1 aromatic carbocycles. The minimum Gasteiger partial charge on any atom is -0.366 e. The Labute approximate surface area is 92.4 Å². The van der Waals surface area contributed by atoms with Crippen LogP contribution < -0.4 is 5.73 Å². The van der Waals surface area contributed by atoms with Crippen LogP contribution in [0.15, 0.2) is 35.7 Å². The second kappa shape index (κ2) is 3.87. The maximum Gasteiger partial charge on any atom is 0.249 e. The third-order valence-electron chi connectivity index (χ3n) is 2.34. The second-order valence-electron chi connectivity index (χ2n) is 3.33. The number of amides is 1. The van der Waals surface area contributed by atoms with Gasteiger partial charge < -0.3 is 5.73 Å². The fourth-order valence-electron chi connectivity index (χ4n) is 1.53. The van der Waals surface area contributed by atoms with Crippen molar-refractivity contribution in [3.63, 3.8) is 0 Å². The van der Waals surface area contributed by atoms with Gasteiger partial charge in [-0.2, -0.15) is 0 Å². The summed E-state index contributed by atoms with van der Waals surface area (Å²) in [7, 11) is 0. The number of benzene rings is 1. The van der Waals surface area contributed by atoms with Crippen LogP contribution in [0.4, 0.5) is 0 Å². The summed E-state index contributed by atoms with van der Waals surface area (Å²) in [5, 5.41) is 1.82. The molecule has 0 aliphatic rings. The zero-order valence-corrected chi connectivity index (χ0v) is 9.17. The molecule has 2 nitrogen and oxygen atoms in total. The average molecular weight is 217 g/mol. The Kier molecular flexibility index (Phi) is 2.56. The summed E-state index contributed by atoms with van der Waals surface area (Å²) >= 11 is 1.56. The lowest BCUT2D eigenvalue weighted by atomic mass is 10.1. The van der Waals surface area contributed by atoms with Gasteiger partial charge in [0.15, 0.2) is 0 Å². The largest absolute Gasteiger partial charge is 0.366 e. The van der Waals surface area contributed by atoms with Gasteiger partial charge in [-0.05, 0) is 18.1 Å².